The molecule has 0 saturated carbocycles. The summed E-state index contributed by atoms with van der Waals surface area (Å²) in [6, 6.07) is 5.43. The van der Waals surface area contributed by atoms with E-state index >= 15 is 0 Å². The van der Waals surface area contributed by atoms with Crippen molar-refractivity contribution in [2.24, 2.45) is 5.92 Å². The van der Waals surface area contributed by atoms with E-state index in [-0.39, 0.29) is 5.91 Å². The molecule has 0 aromatic heterocycles. The van der Waals surface area contributed by atoms with Crippen LogP contribution in [-0.4, -0.2) is 32.7 Å². The average molecular weight is 278 g/mol. The number of nitrogens with one attached hydrogen (secondary N) is 2. The zero-order chi connectivity index (χ0) is 14.4. The summed E-state index contributed by atoms with van der Waals surface area (Å²) in [6.45, 7) is 4.44. The molecule has 1 fully saturated rings. The van der Waals surface area contributed by atoms with Gasteiger partial charge in [0.15, 0.2) is 11.5 Å². The molecule has 2 N–H and O–H groups in total. The highest BCUT2D eigenvalue weighted by Gasteiger charge is 2.18. The number of amides is 1. The summed E-state index contributed by atoms with van der Waals surface area (Å²) >= 11 is 0. The molecule has 110 valence electrons. The van der Waals surface area contributed by atoms with E-state index < -0.39 is 0 Å². The summed E-state index contributed by atoms with van der Waals surface area (Å²) < 4.78 is 10.7. The maximum absolute atomic E-state index is 12.0. The maximum Gasteiger partial charge on any atom is 0.224 e. The molecule has 1 unspecified atom stereocenters. The minimum atomic E-state index is 0.0462. The molecular weight excluding hydrogens is 256 g/mol. The molecule has 1 aliphatic rings. The lowest BCUT2D eigenvalue weighted by Gasteiger charge is -2.13. The smallest absolute Gasteiger partial charge is 0.224 e. The Morgan fingerprint density at radius 1 is 1.45 bits per heavy atom. The lowest BCUT2D eigenvalue weighted by atomic mass is 10.0. The van der Waals surface area contributed by atoms with Gasteiger partial charge in [-0.1, -0.05) is 0 Å². The zero-order valence-electron chi connectivity index (χ0n) is 12.1. The molecule has 0 bridgehead atoms. The summed E-state index contributed by atoms with van der Waals surface area (Å²) in [5.41, 5.74) is 0.737. The fourth-order valence-electron chi connectivity index (χ4n) is 2.38. The van der Waals surface area contributed by atoms with Crippen molar-refractivity contribution in [1.82, 2.24) is 5.32 Å². The van der Waals surface area contributed by atoms with Crippen molar-refractivity contribution in [2.75, 3.05) is 32.1 Å². The van der Waals surface area contributed by atoms with E-state index in [0.29, 0.717) is 30.4 Å². The Bertz CT molecular complexity index is 456. The van der Waals surface area contributed by atoms with Crippen LogP contribution >= 0.6 is 0 Å². The minimum absolute atomic E-state index is 0.0462. The molecule has 0 spiro atoms. The zero-order valence-corrected chi connectivity index (χ0v) is 12.1. The molecule has 20 heavy (non-hydrogen) atoms. The molecule has 1 amide bonds. The van der Waals surface area contributed by atoms with E-state index in [0.717, 1.165) is 25.2 Å². The van der Waals surface area contributed by atoms with Gasteiger partial charge in [0.25, 0.3) is 0 Å². The first-order chi connectivity index (χ1) is 9.72. The van der Waals surface area contributed by atoms with E-state index in [2.05, 4.69) is 10.6 Å². The molecule has 1 aromatic rings. The van der Waals surface area contributed by atoms with Crippen LogP contribution in [-0.2, 0) is 4.79 Å². The van der Waals surface area contributed by atoms with E-state index in [4.69, 9.17) is 9.47 Å². The third-order valence-electron chi connectivity index (χ3n) is 3.38. The van der Waals surface area contributed by atoms with Gasteiger partial charge in [-0.2, -0.15) is 0 Å². The molecule has 1 saturated heterocycles. The normalized spacial score (nSPS) is 17.8. The monoisotopic (exact) mass is 278 g/mol. The lowest BCUT2D eigenvalue weighted by molar-refractivity contribution is -0.116. The van der Waals surface area contributed by atoms with Crippen molar-refractivity contribution >= 4 is 11.6 Å². The van der Waals surface area contributed by atoms with Gasteiger partial charge in [0.1, 0.15) is 0 Å². The number of hydrogen-bond acceptors (Lipinski definition) is 4. The van der Waals surface area contributed by atoms with Gasteiger partial charge in [0.05, 0.1) is 13.7 Å². The molecular formula is C15H22N2O3. The van der Waals surface area contributed by atoms with Crippen LogP contribution in [0.3, 0.4) is 0 Å². The third kappa shape index (κ3) is 3.87. The number of carbonyl (C=O) groups is 1. The fraction of sp³-hybridized carbons (Fsp3) is 0.533. The van der Waals surface area contributed by atoms with Gasteiger partial charge in [0, 0.05) is 18.2 Å². The lowest BCUT2D eigenvalue weighted by Crippen LogP contribution is -2.18. The second kappa shape index (κ2) is 7.14. The summed E-state index contributed by atoms with van der Waals surface area (Å²) in [7, 11) is 1.59. The number of anilines is 1. The highest BCUT2D eigenvalue weighted by atomic mass is 16.5. The topological polar surface area (TPSA) is 59.6 Å². The molecule has 0 radical (unpaired) electrons. The Morgan fingerprint density at radius 3 is 2.95 bits per heavy atom. The predicted molar refractivity (Wildman–Crippen MR) is 78.4 cm³/mol. The van der Waals surface area contributed by atoms with Crippen molar-refractivity contribution < 1.29 is 14.3 Å². The Hall–Kier alpha value is -1.75. The largest absolute Gasteiger partial charge is 0.493 e. The van der Waals surface area contributed by atoms with Crippen LogP contribution in [0.5, 0.6) is 11.5 Å². The van der Waals surface area contributed by atoms with Gasteiger partial charge in [0.2, 0.25) is 5.91 Å². The molecule has 1 aromatic carbocycles. The summed E-state index contributed by atoms with van der Waals surface area (Å²) in [6.07, 6.45) is 1.63. The van der Waals surface area contributed by atoms with Gasteiger partial charge in [-0.25, -0.2) is 0 Å². The molecule has 1 heterocycles. The van der Waals surface area contributed by atoms with Gasteiger partial charge in [-0.15, -0.1) is 0 Å². The summed E-state index contributed by atoms with van der Waals surface area (Å²) in [5.74, 6) is 1.81. The SMILES string of the molecule is CCOc1ccc(NC(=O)CC2CCNC2)cc1OC. The highest BCUT2D eigenvalue weighted by Crippen LogP contribution is 2.30. The van der Waals surface area contributed by atoms with Crippen molar-refractivity contribution in [3.05, 3.63) is 18.2 Å². The number of ether oxygens (including phenoxy) is 2. The quantitative estimate of drug-likeness (QED) is 0.836. The maximum atomic E-state index is 12.0. The van der Waals surface area contributed by atoms with Crippen LogP contribution in [0.2, 0.25) is 0 Å². The van der Waals surface area contributed by atoms with Crippen LogP contribution in [0.15, 0.2) is 18.2 Å². The van der Waals surface area contributed by atoms with Crippen LogP contribution in [0.4, 0.5) is 5.69 Å². The summed E-state index contributed by atoms with van der Waals surface area (Å²) in [4.78, 5) is 12.0. The first kappa shape index (κ1) is 14.7. The van der Waals surface area contributed by atoms with Crippen molar-refractivity contribution in [1.29, 1.82) is 0 Å². The Balaban J connectivity index is 1.96. The van der Waals surface area contributed by atoms with E-state index in [9.17, 15) is 4.79 Å². The van der Waals surface area contributed by atoms with Crippen molar-refractivity contribution in [3.63, 3.8) is 0 Å². The van der Waals surface area contributed by atoms with E-state index in [1.807, 2.05) is 19.1 Å². The molecule has 1 atom stereocenters. The summed E-state index contributed by atoms with van der Waals surface area (Å²) in [5, 5.41) is 6.18. The molecule has 1 aliphatic heterocycles. The van der Waals surface area contributed by atoms with Gasteiger partial charge >= 0.3 is 0 Å². The predicted octanol–water partition coefficient (Wildman–Crippen LogP) is 2.03. The number of methoxy groups -OCH3 is 1. The van der Waals surface area contributed by atoms with Crippen LogP contribution in [0.1, 0.15) is 19.8 Å². The molecule has 0 aliphatic carbocycles. The van der Waals surface area contributed by atoms with Crippen molar-refractivity contribution in [3.8, 4) is 11.5 Å². The van der Waals surface area contributed by atoms with Gasteiger partial charge < -0.3 is 20.1 Å². The van der Waals surface area contributed by atoms with Crippen LogP contribution < -0.4 is 20.1 Å². The fourth-order valence-corrected chi connectivity index (χ4v) is 2.38. The standard InChI is InChI=1S/C15H22N2O3/c1-3-20-13-5-4-12(9-14(13)19-2)17-15(18)8-11-6-7-16-10-11/h4-5,9,11,16H,3,6-8,10H2,1-2H3,(H,17,18). The Kier molecular flexibility index (Phi) is 5.24. The number of carbonyl (C=O) groups excluding carboxylic acids is 1. The molecule has 5 nitrogen and oxygen atoms in total. The highest BCUT2D eigenvalue weighted by molar-refractivity contribution is 5.91. The average Bonchev–Trinajstić information content (AvgIpc) is 2.93. The van der Waals surface area contributed by atoms with E-state index in [1.165, 1.54) is 0 Å². The molecule has 2 rings (SSSR count). The minimum Gasteiger partial charge on any atom is -0.493 e. The van der Waals surface area contributed by atoms with Gasteiger partial charge in [-0.05, 0) is 44.5 Å². The second-order valence-electron chi connectivity index (χ2n) is 4.91. The number of rotatable bonds is 6. The Labute approximate surface area is 119 Å². The van der Waals surface area contributed by atoms with Crippen LogP contribution in [0.25, 0.3) is 0 Å². The third-order valence-corrected chi connectivity index (χ3v) is 3.38. The van der Waals surface area contributed by atoms with Crippen LogP contribution in [0, 0.1) is 5.92 Å². The first-order valence-electron chi connectivity index (χ1n) is 7.04. The Morgan fingerprint density at radius 2 is 2.30 bits per heavy atom. The second-order valence-corrected chi connectivity index (χ2v) is 4.91. The van der Waals surface area contributed by atoms with Crippen molar-refractivity contribution in [2.45, 2.75) is 19.8 Å². The van der Waals surface area contributed by atoms with Gasteiger partial charge in [-0.3, -0.25) is 4.79 Å². The molecule has 5 heteroatoms. The number of hydrogen-bond donors (Lipinski definition) is 2. The first-order valence-corrected chi connectivity index (χ1v) is 7.04. The van der Waals surface area contributed by atoms with E-state index in [1.54, 1.807) is 13.2 Å². The number of benzene rings is 1.